The maximum atomic E-state index is 10.3. The summed E-state index contributed by atoms with van der Waals surface area (Å²) in [4.78, 5) is 13.9. The van der Waals surface area contributed by atoms with Crippen LogP contribution in [0.5, 0.6) is 0 Å². The summed E-state index contributed by atoms with van der Waals surface area (Å²) in [5.74, 6) is 0.986. The lowest BCUT2D eigenvalue weighted by Gasteiger charge is -1.91. The normalized spacial score (nSPS) is 9.46. The number of carbonyl (C=O) groups is 1. The minimum Gasteiger partial charge on any atom is -0.475 e. The van der Waals surface area contributed by atoms with Crippen LogP contribution in [0.25, 0.3) is 0 Å². The molecule has 0 unspecified atom stereocenters. The summed E-state index contributed by atoms with van der Waals surface area (Å²) in [5, 5.41) is 14.4. The lowest BCUT2D eigenvalue weighted by atomic mass is 10.5. The van der Waals surface area contributed by atoms with Crippen molar-refractivity contribution in [2.24, 2.45) is 0 Å². The smallest absolute Gasteiger partial charge is 0.377 e. The van der Waals surface area contributed by atoms with E-state index in [1.54, 1.807) is 0 Å². The Kier molecular flexibility index (Phi) is 3.00. The van der Waals surface area contributed by atoms with Crippen molar-refractivity contribution >= 4 is 5.97 Å². The van der Waals surface area contributed by atoms with Crippen LogP contribution in [-0.4, -0.2) is 27.8 Å². The highest BCUT2D eigenvalue weighted by molar-refractivity contribution is 5.82. The topological polar surface area (TPSA) is 88.2 Å². The van der Waals surface area contributed by atoms with E-state index in [9.17, 15) is 4.79 Å². The molecule has 0 aromatic carbocycles. The summed E-state index contributed by atoms with van der Waals surface area (Å²) in [6, 6.07) is 0. The van der Waals surface area contributed by atoms with Gasteiger partial charge in [0, 0.05) is 0 Å². The van der Waals surface area contributed by atoms with E-state index < -0.39 is 5.97 Å². The van der Waals surface area contributed by atoms with E-state index >= 15 is 0 Å². The van der Waals surface area contributed by atoms with Crippen LogP contribution >= 0.6 is 0 Å². The number of carboxylic acid groups (broad SMARTS) is 1. The number of carboxylic acids is 1. The molecule has 0 amide bonds. The van der Waals surface area contributed by atoms with Crippen LogP contribution in [0.4, 0.5) is 0 Å². The first kappa shape index (κ1) is 9.22. The van der Waals surface area contributed by atoms with Crippen LogP contribution in [0.1, 0.15) is 16.5 Å². The van der Waals surface area contributed by atoms with Gasteiger partial charge in [-0.1, -0.05) is 5.92 Å². The largest absolute Gasteiger partial charge is 0.475 e. The number of rotatable bonds is 4. The van der Waals surface area contributed by atoms with Crippen LogP contribution in [-0.2, 0) is 6.54 Å². The van der Waals surface area contributed by atoms with Crippen molar-refractivity contribution in [3.05, 3.63) is 11.7 Å². The molecule has 0 aliphatic carbocycles. The van der Waals surface area contributed by atoms with Crippen molar-refractivity contribution in [2.45, 2.75) is 6.54 Å². The van der Waals surface area contributed by atoms with Gasteiger partial charge in [0.05, 0.1) is 13.1 Å². The molecule has 0 radical (unpaired) electrons. The molecule has 0 spiro atoms. The zero-order valence-corrected chi connectivity index (χ0v) is 6.65. The molecular weight excluding hydrogens is 174 g/mol. The first-order valence-corrected chi connectivity index (χ1v) is 3.44. The number of terminal acetylenes is 1. The quantitative estimate of drug-likeness (QED) is 0.480. The molecule has 6 heteroatoms. The molecule has 1 aromatic heterocycles. The first-order valence-electron chi connectivity index (χ1n) is 3.44. The van der Waals surface area contributed by atoms with Crippen molar-refractivity contribution in [3.63, 3.8) is 0 Å². The van der Waals surface area contributed by atoms with E-state index in [-0.39, 0.29) is 18.3 Å². The van der Waals surface area contributed by atoms with Crippen molar-refractivity contribution < 1.29 is 14.4 Å². The zero-order chi connectivity index (χ0) is 9.68. The number of aromatic nitrogens is 2. The van der Waals surface area contributed by atoms with Gasteiger partial charge in [-0.15, -0.1) is 6.42 Å². The van der Waals surface area contributed by atoms with Crippen molar-refractivity contribution in [1.29, 1.82) is 0 Å². The monoisotopic (exact) mass is 181 g/mol. The van der Waals surface area contributed by atoms with E-state index in [1.807, 2.05) is 0 Å². The molecule has 1 heterocycles. The molecule has 13 heavy (non-hydrogen) atoms. The second-order valence-corrected chi connectivity index (χ2v) is 2.12. The predicted molar refractivity (Wildman–Crippen MR) is 41.8 cm³/mol. The van der Waals surface area contributed by atoms with Gasteiger partial charge in [0.1, 0.15) is 0 Å². The number of hydrogen-bond acceptors (Lipinski definition) is 5. The fraction of sp³-hybridized carbons (Fsp3) is 0.286. The molecule has 0 aliphatic rings. The summed E-state index contributed by atoms with van der Waals surface area (Å²) in [5.41, 5.74) is 0. The lowest BCUT2D eigenvalue weighted by Crippen LogP contribution is -2.13. The summed E-state index contributed by atoms with van der Waals surface area (Å²) in [6.45, 7) is 0.634. The molecule has 0 saturated heterocycles. The molecule has 1 aromatic rings. The van der Waals surface area contributed by atoms with Gasteiger partial charge in [-0.05, 0) is 5.16 Å². The Labute approximate surface area is 73.9 Å². The van der Waals surface area contributed by atoms with Crippen molar-refractivity contribution in [2.75, 3.05) is 6.54 Å². The van der Waals surface area contributed by atoms with Crippen LogP contribution in [0, 0.1) is 12.3 Å². The van der Waals surface area contributed by atoms with Crippen LogP contribution < -0.4 is 5.32 Å². The lowest BCUT2D eigenvalue weighted by molar-refractivity contribution is 0.0680. The summed E-state index contributed by atoms with van der Waals surface area (Å²) < 4.78 is 4.60. The van der Waals surface area contributed by atoms with E-state index in [0.717, 1.165) is 0 Å². The maximum absolute atomic E-state index is 10.3. The van der Waals surface area contributed by atoms with E-state index in [4.69, 9.17) is 11.5 Å². The van der Waals surface area contributed by atoms with Gasteiger partial charge >= 0.3 is 5.97 Å². The summed E-state index contributed by atoms with van der Waals surface area (Å²) in [7, 11) is 0. The van der Waals surface area contributed by atoms with Gasteiger partial charge < -0.3 is 9.63 Å². The van der Waals surface area contributed by atoms with E-state index in [0.29, 0.717) is 6.54 Å². The second-order valence-electron chi connectivity index (χ2n) is 2.12. The first-order chi connectivity index (χ1) is 6.24. The van der Waals surface area contributed by atoms with Gasteiger partial charge in [0.15, 0.2) is 0 Å². The Morgan fingerprint density at radius 2 is 2.54 bits per heavy atom. The summed E-state index contributed by atoms with van der Waals surface area (Å²) >= 11 is 0. The fourth-order valence-electron chi connectivity index (χ4n) is 0.655. The Balaban J connectivity index is 2.50. The van der Waals surface area contributed by atoms with Gasteiger partial charge in [0.2, 0.25) is 5.89 Å². The van der Waals surface area contributed by atoms with Crippen molar-refractivity contribution in [3.8, 4) is 12.3 Å². The standard InChI is InChI=1S/C7H7N3O3/c1-2-3-8-4-5-9-6(7(11)12)10-13-5/h1,8H,3-4H2,(H,11,12). The third kappa shape index (κ3) is 2.57. The van der Waals surface area contributed by atoms with Gasteiger partial charge in [-0.3, -0.25) is 5.32 Å². The minimum absolute atomic E-state index is 0.202. The van der Waals surface area contributed by atoms with E-state index in [1.165, 1.54) is 0 Å². The highest BCUT2D eigenvalue weighted by Gasteiger charge is 2.11. The third-order valence-electron chi connectivity index (χ3n) is 1.16. The second kappa shape index (κ2) is 4.23. The average molecular weight is 181 g/mol. The Hall–Kier alpha value is -1.87. The Bertz CT molecular complexity index is 339. The molecular formula is C7H7N3O3. The van der Waals surface area contributed by atoms with E-state index in [2.05, 4.69) is 25.9 Å². The molecule has 2 N–H and O–H groups in total. The van der Waals surface area contributed by atoms with Gasteiger partial charge in [-0.2, -0.15) is 4.98 Å². The van der Waals surface area contributed by atoms with Crippen LogP contribution in [0.3, 0.4) is 0 Å². The zero-order valence-electron chi connectivity index (χ0n) is 6.65. The average Bonchev–Trinajstić information content (AvgIpc) is 2.53. The third-order valence-corrected chi connectivity index (χ3v) is 1.16. The number of nitrogens with one attached hydrogen (secondary N) is 1. The number of hydrogen-bond donors (Lipinski definition) is 2. The predicted octanol–water partition coefficient (Wildman–Crippen LogP) is -0.509. The Morgan fingerprint density at radius 3 is 3.08 bits per heavy atom. The number of nitrogens with zero attached hydrogens (tertiary/aromatic N) is 2. The SMILES string of the molecule is C#CCNCc1nc(C(=O)O)no1. The molecule has 0 atom stereocenters. The van der Waals surface area contributed by atoms with Crippen molar-refractivity contribution in [1.82, 2.24) is 15.5 Å². The molecule has 68 valence electrons. The number of aromatic carboxylic acids is 1. The van der Waals surface area contributed by atoms with Crippen LogP contribution in [0.15, 0.2) is 4.52 Å². The fourth-order valence-corrected chi connectivity index (χ4v) is 0.655. The highest BCUT2D eigenvalue weighted by Crippen LogP contribution is 1.95. The molecule has 0 aliphatic heterocycles. The molecule has 6 nitrogen and oxygen atoms in total. The van der Waals surface area contributed by atoms with Crippen LogP contribution in [0.2, 0.25) is 0 Å². The molecule has 0 saturated carbocycles. The summed E-state index contributed by atoms with van der Waals surface area (Å²) in [6.07, 6.45) is 4.97. The Morgan fingerprint density at radius 1 is 1.77 bits per heavy atom. The maximum Gasteiger partial charge on any atom is 0.377 e. The molecule has 1 rings (SSSR count). The minimum atomic E-state index is -1.22. The van der Waals surface area contributed by atoms with Gasteiger partial charge in [-0.25, -0.2) is 4.79 Å². The van der Waals surface area contributed by atoms with Gasteiger partial charge in [0.25, 0.3) is 5.82 Å². The molecule has 0 bridgehead atoms. The highest BCUT2D eigenvalue weighted by atomic mass is 16.5. The molecule has 0 fully saturated rings.